The molecule has 7 aromatic rings. The Hall–Kier alpha value is -5.38. The molecule has 8 rings (SSSR count). The van der Waals surface area contributed by atoms with Gasteiger partial charge in [0.2, 0.25) is 5.28 Å². The average molecular weight is 584 g/mol. The molecule has 0 unspecified atom stereocenters. The standard InChI is InChI=1S/C40H26ClN3/c41-39-43-37(27-14-3-1-4-15-27)42-38(44-39)34-23-8-7-20-31(34)28-16-13-19-30(26-28)40(29-17-5-2-6-18-29)35-24-11-9-21-32(35)33-22-10-12-25-36(33)40/h1-26H. The summed E-state index contributed by atoms with van der Waals surface area (Å²) in [6.07, 6.45) is 0. The molecule has 3 nitrogen and oxygen atoms in total. The van der Waals surface area contributed by atoms with Gasteiger partial charge in [0.05, 0.1) is 5.41 Å². The highest BCUT2D eigenvalue weighted by Gasteiger charge is 2.45. The minimum atomic E-state index is -0.476. The Bertz CT molecular complexity index is 2100. The monoisotopic (exact) mass is 583 g/mol. The summed E-state index contributed by atoms with van der Waals surface area (Å²) in [5.74, 6) is 1.09. The summed E-state index contributed by atoms with van der Waals surface area (Å²) in [5.41, 5.74) is 11.0. The summed E-state index contributed by atoms with van der Waals surface area (Å²) in [6, 6.07) is 55.5. The van der Waals surface area contributed by atoms with E-state index in [9.17, 15) is 0 Å². The Morgan fingerprint density at radius 3 is 1.57 bits per heavy atom. The SMILES string of the molecule is Clc1nc(-c2ccccc2)nc(-c2ccccc2-c2cccc(C3(c4ccccc4)c4ccccc4-c4ccccc43)c2)n1. The summed E-state index contributed by atoms with van der Waals surface area (Å²) in [5, 5.41) is 0.166. The van der Waals surface area contributed by atoms with E-state index >= 15 is 0 Å². The smallest absolute Gasteiger partial charge is 0.208 e. The van der Waals surface area contributed by atoms with Gasteiger partial charge in [-0.1, -0.05) is 152 Å². The maximum atomic E-state index is 6.48. The van der Waals surface area contributed by atoms with Gasteiger partial charge in [-0.25, -0.2) is 4.98 Å². The Labute approximate surface area is 261 Å². The van der Waals surface area contributed by atoms with E-state index in [0.717, 1.165) is 22.3 Å². The Morgan fingerprint density at radius 2 is 0.886 bits per heavy atom. The molecule has 1 aliphatic rings. The van der Waals surface area contributed by atoms with E-state index in [1.165, 1.54) is 33.4 Å². The molecule has 0 fully saturated rings. The second kappa shape index (κ2) is 10.7. The van der Waals surface area contributed by atoms with E-state index in [0.29, 0.717) is 11.6 Å². The third-order valence-electron chi connectivity index (χ3n) is 8.57. The highest BCUT2D eigenvalue weighted by atomic mass is 35.5. The minimum Gasteiger partial charge on any atom is -0.208 e. The van der Waals surface area contributed by atoms with Gasteiger partial charge >= 0.3 is 0 Å². The van der Waals surface area contributed by atoms with Crippen molar-refractivity contribution in [3.05, 3.63) is 185 Å². The van der Waals surface area contributed by atoms with Crippen molar-refractivity contribution < 1.29 is 0 Å². The maximum absolute atomic E-state index is 6.48. The molecule has 1 aromatic heterocycles. The van der Waals surface area contributed by atoms with Gasteiger partial charge < -0.3 is 0 Å². The van der Waals surface area contributed by atoms with Crippen molar-refractivity contribution in [3.63, 3.8) is 0 Å². The van der Waals surface area contributed by atoms with Crippen LogP contribution in [0.1, 0.15) is 22.3 Å². The van der Waals surface area contributed by atoms with Crippen molar-refractivity contribution in [1.29, 1.82) is 0 Å². The normalized spacial score (nSPS) is 12.8. The molecular formula is C40H26ClN3. The largest absolute Gasteiger partial charge is 0.226 e. The molecule has 0 bridgehead atoms. The van der Waals surface area contributed by atoms with Gasteiger partial charge in [0, 0.05) is 11.1 Å². The van der Waals surface area contributed by atoms with Crippen molar-refractivity contribution in [2.24, 2.45) is 0 Å². The molecule has 208 valence electrons. The molecule has 4 heteroatoms. The molecule has 0 saturated carbocycles. The Kier molecular flexibility index (Phi) is 6.40. The van der Waals surface area contributed by atoms with Crippen LogP contribution in [0.4, 0.5) is 0 Å². The molecule has 0 atom stereocenters. The number of hydrogen-bond donors (Lipinski definition) is 0. The van der Waals surface area contributed by atoms with E-state index in [4.69, 9.17) is 16.6 Å². The molecule has 0 amide bonds. The predicted octanol–water partition coefficient (Wildman–Crippen LogP) is 9.89. The fourth-order valence-electron chi connectivity index (χ4n) is 6.75. The molecule has 0 radical (unpaired) electrons. The molecule has 0 N–H and O–H groups in total. The van der Waals surface area contributed by atoms with Gasteiger partial charge in [-0.15, -0.1) is 0 Å². The number of halogens is 1. The minimum absolute atomic E-state index is 0.166. The van der Waals surface area contributed by atoms with Gasteiger partial charge in [0.15, 0.2) is 11.6 Å². The molecular weight excluding hydrogens is 558 g/mol. The van der Waals surface area contributed by atoms with Crippen LogP contribution >= 0.6 is 11.6 Å². The second-order valence-electron chi connectivity index (χ2n) is 11.0. The van der Waals surface area contributed by atoms with Crippen LogP contribution < -0.4 is 0 Å². The van der Waals surface area contributed by atoms with Gasteiger partial charge in [0.25, 0.3) is 0 Å². The highest BCUT2D eigenvalue weighted by Crippen LogP contribution is 2.56. The lowest BCUT2D eigenvalue weighted by Crippen LogP contribution is -2.28. The summed E-state index contributed by atoms with van der Waals surface area (Å²) >= 11 is 6.48. The lowest BCUT2D eigenvalue weighted by atomic mass is 9.67. The number of aromatic nitrogens is 3. The van der Waals surface area contributed by atoms with Crippen LogP contribution in [0.3, 0.4) is 0 Å². The number of hydrogen-bond acceptors (Lipinski definition) is 3. The predicted molar refractivity (Wildman–Crippen MR) is 178 cm³/mol. The van der Waals surface area contributed by atoms with E-state index in [2.05, 4.69) is 131 Å². The van der Waals surface area contributed by atoms with Gasteiger partial charge in [-0.3, -0.25) is 0 Å². The summed E-state index contributed by atoms with van der Waals surface area (Å²) < 4.78 is 0. The summed E-state index contributed by atoms with van der Waals surface area (Å²) in [4.78, 5) is 13.9. The molecule has 1 heterocycles. The molecule has 1 aliphatic carbocycles. The van der Waals surface area contributed by atoms with Gasteiger partial charge in [-0.05, 0) is 62.2 Å². The van der Waals surface area contributed by atoms with Crippen LogP contribution in [-0.2, 0) is 5.41 Å². The zero-order chi connectivity index (χ0) is 29.5. The summed E-state index contributed by atoms with van der Waals surface area (Å²) in [7, 11) is 0. The topological polar surface area (TPSA) is 38.7 Å². The number of fused-ring (bicyclic) bond motifs is 3. The number of benzene rings is 6. The van der Waals surface area contributed by atoms with Crippen LogP contribution in [0.2, 0.25) is 5.28 Å². The quantitative estimate of drug-likeness (QED) is 0.202. The summed E-state index contributed by atoms with van der Waals surface area (Å²) in [6.45, 7) is 0. The third kappa shape index (κ3) is 4.16. The average Bonchev–Trinajstić information content (AvgIpc) is 3.40. The van der Waals surface area contributed by atoms with E-state index < -0.39 is 5.41 Å². The van der Waals surface area contributed by atoms with Crippen molar-refractivity contribution in [1.82, 2.24) is 15.0 Å². The van der Waals surface area contributed by atoms with E-state index in [-0.39, 0.29) is 5.28 Å². The van der Waals surface area contributed by atoms with Crippen LogP contribution in [0.25, 0.3) is 45.0 Å². The third-order valence-corrected chi connectivity index (χ3v) is 8.74. The molecule has 0 spiro atoms. The van der Waals surface area contributed by atoms with Crippen molar-refractivity contribution >= 4 is 11.6 Å². The van der Waals surface area contributed by atoms with Crippen molar-refractivity contribution in [2.45, 2.75) is 5.41 Å². The van der Waals surface area contributed by atoms with E-state index in [1.54, 1.807) is 0 Å². The molecule has 44 heavy (non-hydrogen) atoms. The zero-order valence-electron chi connectivity index (χ0n) is 23.7. The first-order valence-corrected chi connectivity index (χ1v) is 15.0. The lowest BCUT2D eigenvalue weighted by molar-refractivity contribution is 0.769. The fourth-order valence-corrected chi connectivity index (χ4v) is 6.91. The Balaban J connectivity index is 1.35. The van der Waals surface area contributed by atoms with Crippen LogP contribution in [0.15, 0.2) is 158 Å². The number of nitrogens with zero attached hydrogens (tertiary/aromatic N) is 3. The first kappa shape index (κ1) is 26.3. The first-order chi connectivity index (χ1) is 21.7. The van der Waals surface area contributed by atoms with Gasteiger partial charge in [0.1, 0.15) is 0 Å². The maximum Gasteiger partial charge on any atom is 0.226 e. The van der Waals surface area contributed by atoms with E-state index in [1.807, 2.05) is 36.4 Å². The first-order valence-electron chi connectivity index (χ1n) is 14.7. The zero-order valence-corrected chi connectivity index (χ0v) is 24.5. The molecule has 6 aromatic carbocycles. The molecule has 0 aliphatic heterocycles. The van der Waals surface area contributed by atoms with Crippen molar-refractivity contribution in [3.8, 4) is 45.0 Å². The van der Waals surface area contributed by atoms with Crippen LogP contribution in [-0.4, -0.2) is 15.0 Å². The lowest BCUT2D eigenvalue weighted by Gasteiger charge is -2.34. The van der Waals surface area contributed by atoms with Crippen molar-refractivity contribution in [2.75, 3.05) is 0 Å². The second-order valence-corrected chi connectivity index (χ2v) is 11.3. The van der Waals surface area contributed by atoms with Crippen LogP contribution in [0.5, 0.6) is 0 Å². The Morgan fingerprint density at radius 1 is 0.386 bits per heavy atom. The number of rotatable bonds is 5. The highest BCUT2D eigenvalue weighted by molar-refractivity contribution is 6.28. The van der Waals surface area contributed by atoms with Gasteiger partial charge in [-0.2, -0.15) is 9.97 Å². The van der Waals surface area contributed by atoms with Crippen LogP contribution in [0, 0.1) is 0 Å². The fraction of sp³-hybridized carbons (Fsp3) is 0.0250. The molecule has 0 saturated heterocycles.